The Hall–Kier alpha value is -1.85. The molecule has 0 radical (unpaired) electrons. The van der Waals surface area contributed by atoms with Gasteiger partial charge in [0.15, 0.2) is 0 Å². The largest absolute Gasteiger partial charge is 0.346 e. The van der Waals surface area contributed by atoms with E-state index in [0.717, 1.165) is 37.0 Å². The van der Waals surface area contributed by atoms with E-state index >= 15 is 0 Å². The molecule has 6 nitrogen and oxygen atoms in total. The molecule has 0 spiro atoms. The van der Waals surface area contributed by atoms with Gasteiger partial charge in [-0.25, -0.2) is 4.79 Å². The second-order valence-corrected chi connectivity index (χ2v) is 7.56. The minimum atomic E-state index is -0.606. The van der Waals surface area contributed by atoms with Crippen LogP contribution in [-0.2, 0) is 7.05 Å². The van der Waals surface area contributed by atoms with Crippen LogP contribution >= 0.6 is 0 Å². The average molecular weight is 303 g/mol. The molecule has 1 aromatic heterocycles. The van der Waals surface area contributed by atoms with Gasteiger partial charge in [0.2, 0.25) is 0 Å². The van der Waals surface area contributed by atoms with Crippen LogP contribution in [0.25, 0.3) is 0 Å². The molecule has 1 amide bonds. The van der Waals surface area contributed by atoms with Crippen molar-refractivity contribution in [2.45, 2.75) is 44.1 Å². The Morgan fingerprint density at radius 2 is 1.73 bits per heavy atom. The first-order valence-corrected chi connectivity index (χ1v) is 8.06. The van der Waals surface area contributed by atoms with Crippen LogP contribution in [0, 0.1) is 17.8 Å². The molecule has 118 valence electrons. The number of carbonyl (C=O) groups excluding carboxylic acids is 1. The Kier molecular flexibility index (Phi) is 2.86. The standard InChI is InChI=1S/C16H21N3O3/c1-19-8-12(13(20)17-15(19)22)14(21)18-16-5-9-2-10(6-16)4-11(3-9)7-16/h8-11H,2-7H2,1H3,(H,18,21)(H,17,20,22). The fraction of sp³-hybridized carbons (Fsp3) is 0.688. The second-order valence-electron chi connectivity index (χ2n) is 7.56. The maximum atomic E-state index is 12.6. The van der Waals surface area contributed by atoms with Crippen LogP contribution in [-0.4, -0.2) is 21.0 Å². The predicted octanol–water partition coefficient (Wildman–Crippen LogP) is 0.772. The van der Waals surface area contributed by atoms with Crippen molar-refractivity contribution in [3.8, 4) is 0 Å². The fourth-order valence-corrected chi connectivity index (χ4v) is 5.30. The van der Waals surface area contributed by atoms with Crippen molar-refractivity contribution in [1.82, 2.24) is 14.9 Å². The first kappa shape index (κ1) is 13.8. The second kappa shape index (κ2) is 4.57. The zero-order valence-corrected chi connectivity index (χ0v) is 12.7. The van der Waals surface area contributed by atoms with Gasteiger partial charge in [0, 0.05) is 18.8 Å². The topological polar surface area (TPSA) is 84.0 Å². The monoisotopic (exact) mass is 303 g/mol. The van der Waals surface area contributed by atoms with Crippen LogP contribution in [0.4, 0.5) is 0 Å². The quantitative estimate of drug-likeness (QED) is 0.846. The summed E-state index contributed by atoms with van der Waals surface area (Å²) in [4.78, 5) is 38.0. The lowest BCUT2D eigenvalue weighted by Gasteiger charge is -2.56. The molecule has 4 bridgehead atoms. The Bertz CT molecular complexity index is 710. The number of nitrogens with zero attached hydrogens (tertiary/aromatic N) is 1. The molecule has 1 aromatic rings. The number of aromatic nitrogens is 2. The summed E-state index contributed by atoms with van der Waals surface area (Å²) in [5.41, 5.74) is -1.22. The minimum Gasteiger partial charge on any atom is -0.346 e. The van der Waals surface area contributed by atoms with E-state index in [-0.39, 0.29) is 17.0 Å². The van der Waals surface area contributed by atoms with Gasteiger partial charge in [0.05, 0.1) is 0 Å². The molecular weight excluding hydrogens is 282 g/mol. The summed E-state index contributed by atoms with van der Waals surface area (Å²) in [7, 11) is 1.53. The molecule has 6 heteroatoms. The number of H-pyrrole nitrogens is 1. The van der Waals surface area contributed by atoms with Crippen LogP contribution in [0.1, 0.15) is 48.9 Å². The summed E-state index contributed by atoms with van der Waals surface area (Å²) < 4.78 is 1.23. The van der Waals surface area contributed by atoms with Crippen molar-refractivity contribution < 1.29 is 4.79 Å². The maximum Gasteiger partial charge on any atom is 0.328 e. The van der Waals surface area contributed by atoms with Crippen LogP contribution in [0.3, 0.4) is 0 Å². The molecule has 0 atom stereocenters. The number of nitrogens with one attached hydrogen (secondary N) is 2. The van der Waals surface area contributed by atoms with Gasteiger partial charge in [0.25, 0.3) is 11.5 Å². The third kappa shape index (κ3) is 2.12. The number of hydrogen-bond acceptors (Lipinski definition) is 3. The van der Waals surface area contributed by atoms with Crippen molar-refractivity contribution >= 4 is 5.91 Å². The Morgan fingerprint density at radius 3 is 2.27 bits per heavy atom. The predicted molar refractivity (Wildman–Crippen MR) is 80.7 cm³/mol. The molecule has 2 N–H and O–H groups in total. The van der Waals surface area contributed by atoms with Gasteiger partial charge in [-0.15, -0.1) is 0 Å². The highest BCUT2D eigenvalue weighted by molar-refractivity contribution is 5.94. The highest BCUT2D eigenvalue weighted by Crippen LogP contribution is 2.55. The van der Waals surface area contributed by atoms with Crippen molar-refractivity contribution in [1.29, 1.82) is 0 Å². The van der Waals surface area contributed by atoms with Crippen LogP contribution in [0.2, 0.25) is 0 Å². The number of hydrogen-bond donors (Lipinski definition) is 2. The molecule has 4 aliphatic carbocycles. The van der Waals surface area contributed by atoms with E-state index in [9.17, 15) is 14.4 Å². The van der Waals surface area contributed by atoms with E-state index < -0.39 is 11.2 Å². The van der Waals surface area contributed by atoms with Gasteiger partial charge in [-0.05, 0) is 56.3 Å². The Balaban J connectivity index is 1.61. The van der Waals surface area contributed by atoms with E-state index in [1.807, 2.05) is 0 Å². The molecule has 0 aliphatic heterocycles. The third-order valence-corrected chi connectivity index (χ3v) is 5.77. The summed E-state index contributed by atoms with van der Waals surface area (Å²) in [5, 5.41) is 3.15. The smallest absolute Gasteiger partial charge is 0.328 e. The molecule has 4 fully saturated rings. The molecule has 0 unspecified atom stereocenters. The summed E-state index contributed by atoms with van der Waals surface area (Å²) in [5.74, 6) is 1.83. The fourth-order valence-electron chi connectivity index (χ4n) is 5.30. The average Bonchev–Trinajstić information content (AvgIpc) is 2.40. The van der Waals surface area contributed by atoms with E-state index in [2.05, 4.69) is 10.3 Å². The normalized spacial score (nSPS) is 35.6. The van der Waals surface area contributed by atoms with Gasteiger partial charge < -0.3 is 9.88 Å². The lowest BCUT2D eigenvalue weighted by atomic mass is 9.53. The Labute approximate surface area is 127 Å². The van der Waals surface area contributed by atoms with Crippen LogP contribution < -0.4 is 16.6 Å². The number of aryl methyl sites for hydroxylation is 1. The first-order chi connectivity index (χ1) is 10.4. The number of aromatic amines is 1. The van der Waals surface area contributed by atoms with Gasteiger partial charge in [-0.3, -0.25) is 14.6 Å². The van der Waals surface area contributed by atoms with Crippen molar-refractivity contribution in [2.75, 3.05) is 0 Å². The van der Waals surface area contributed by atoms with Crippen LogP contribution in [0.5, 0.6) is 0 Å². The summed E-state index contributed by atoms with van der Waals surface area (Å²) in [6, 6.07) is 0. The molecule has 4 aliphatic rings. The summed E-state index contributed by atoms with van der Waals surface area (Å²) >= 11 is 0. The van der Waals surface area contributed by atoms with E-state index in [4.69, 9.17) is 0 Å². The molecule has 4 saturated carbocycles. The number of carbonyl (C=O) groups is 1. The zero-order valence-electron chi connectivity index (χ0n) is 12.7. The lowest BCUT2D eigenvalue weighted by molar-refractivity contribution is -0.0167. The molecular formula is C16H21N3O3. The number of rotatable bonds is 2. The summed E-state index contributed by atoms with van der Waals surface area (Å²) in [6.07, 6.45) is 8.34. The molecule has 22 heavy (non-hydrogen) atoms. The molecule has 1 heterocycles. The van der Waals surface area contributed by atoms with Gasteiger partial charge in [-0.1, -0.05) is 0 Å². The Morgan fingerprint density at radius 1 is 1.18 bits per heavy atom. The zero-order chi connectivity index (χ0) is 15.5. The maximum absolute atomic E-state index is 12.6. The molecule has 5 rings (SSSR count). The lowest BCUT2D eigenvalue weighted by Crippen LogP contribution is -2.60. The van der Waals surface area contributed by atoms with E-state index in [1.54, 1.807) is 0 Å². The van der Waals surface area contributed by atoms with Gasteiger partial charge in [0.1, 0.15) is 5.56 Å². The van der Waals surface area contributed by atoms with Crippen LogP contribution in [0.15, 0.2) is 15.8 Å². The summed E-state index contributed by atoms with van der Waals surface area (Å²) in [6.45, 7) is 0. The van der Waals surface area contributed by atoms with Crippen molar-refractivity contribution in [2.24, 2.45) is 24.8 Å². The SMILES string of the molecule is Cn1cc(C(=O)NC23CC4CC(CC(C4)C2)C3)c(=O)[nH]c1=O. The van der Waals surface area contributed by atoms with Crippen molar-refractivity contribution in [3.63, 3.8) is 0 Å². The van der Waals surface area contributed by atoms with E-state index in [0.29, 0.717) is 0 Å². The highest BCUT2D eigenvalue weighted by atomic mass is 16.2. The molecule has 0 aromatic carbocycles. The van der Waals surface area contributed by atoms with Gasteiger partial charge in [-0.2, -0.15) is 0 Å². The number of amides is 1. The van der Waals surface area contributed by atoms with Crippen molar-refractivity contribution in [3.05, 3.63) is 32.6 Å². The highest BCUT2D eigenvalue weighted by Gasteiger charge is 2.51. The van der Waals surface area contributed by atoms with Gasteiger partial charge >= 0.3 is 5.69 Å². The molecule has 0 saturated heterocycles. The first-order valence-electron chi connectivity index (χ1n) is 8.06. The minimum absolute atomic E-state index is 0.0258. The third-order valence-electron chi connectivity index (χ3n) is 5.77. The van der Waals surface area contributed by atoms with E-state index in [1.165, 1.54) is 37.1 Å².